The van der Waals surface area contributed by atoms with Gasteiger partial charge in [0.25, 0.3) is 0 Å². The van der Waals surface area contributed by atoms with Gasteiger partial charge in [-0.15, -0.1) is 0 Å². The monoisotopic (exact) mass is 566 g/mol. The summed E-state index contributed by atoms with van der Waals surface area (Å²) in [6, 6.07) is 11.0. The summed E-state index contributed by atoms with van der Waals surface area (Å²) in [7, 11) is 0. The van der Waals surface area contributed by atoms with Gasteiger partial charge in [-0.3, -0.25) is 19.2 Å². The fourth-order valence-electron chi connectivity index (χ4n) is 4.24. The van der Waals surface area contributed by atoms with Crippen molar-refractivity contribution in [1.29, 1.82) is 0 Å². The molecule has 0 aliphatic rings. The standard InChI is InChI=1S/C28H34N6O7/c29-19(15-35)25(37)33-23(13-17-14-31-20-9-5-4-8-18(17)20)27(39)34-22(12-16-6-2-1-3-7-16)26(38)32-21(28(40)41)10-11-24(30)36/h1-9,14,19,21-23,31,35H,10-13,15,29H2,(H2,30,36)(H,32,38)(H,33,37)(H,34,39)(H,40,41). The number of carboxylic acid groups (broad SMARTS) is 1. The van der Waals surface area contributed by atoms with Gasteiger partial charge in [-0.1, -0.05) is 48.5 Å². The first kappa shape index (κ1) is 30.8. The molecule has 0 fully saturated rings. The number of aromatic amines is 1. The minimum Gasteiger partial charge on any atom is -0.480 e. The van der Waals surface area contributed by atoms with Crippen LogP contribution in [0.2, 0.25) is 0 Å². The van der Waals surface area contributed by atoms with E-state index < -0.39 is 60.4 Å². The molecule has 218 valence electrons. The minimum absolute atomic E-state index is 0.00444. The van der Waals surface area contributed by atoms with Gasteiger partial charge in [-0.05, 0) is 23.6 Å². The summed E-state index contributed by atoms with van der Waals surface area (Å²) >= 11 is 0. The van der Waals surface area contributed by atoms with E-state index in [1.807, 2.05) is 24.3 Å². The van der Waals surface area contributed by atoms with Gasteiger partial charge in [0.2, 0.25) is 23.6 Å². The van der Waals surface area contributed by atoms with Gasteiger partial charge in [-0.2, -0.15) is 0 Å². The highest BCUT2D eigenvalue weighted by molar-refractivity contribution is 5.95. The van der Waals surface area contributed by atoms with E-state index in [0.717, 1.165) is 10.9 Å². The number of nitrogens with two attached hydrogens (primary N) is 2. The number of aliphatic hydroxyl groups is 1. The number of fused-ring (bicyclic) bond motifs is 1. The highest BCUT2D eigenvalue weighted by atomic mass is 16.4. The number of hydrogen-bond acceptors (Lipinski definition) is 7. The Morgan fingerprint density at radius 1 is 0.805 bits per heavy atom. The van der Waals surface area contributed by atoms with E-state index in [2.05, 4.69) is 20.9 Å². The third-order valence-corrected chi connectivity index (χ3v) is 6.48. The number of primary amides is 1. The van der Waals surface area contributed by atoms with Crippen LogP contribution in [0.1, 0.15) is 24.0 Å². The topological polar surface area (TPSA) is 230 Å². The predicted molar refractivity (Wildman–Crippen MR) is 149 cm³/mol. The van der Waals surface area contributed by atoms with Gasteiger partial charge >= 0.3 is 5.97 Å². The Morgan fingerprint density at radius 3 is 2.02 bits per heavy atom. The fourth-order valence-corrected chi connectivity index (χ4v) is 4.24. The zero-order valence-electron chi connectivity index (χ0n) is 22.2. The van der Waals surface area contributed by atoms with Crippen molar-refractivity contribution in [3.63, 3.8) is 0 Å². The first-order valence-corrected chi connectivity index (χ1v) is 13.0. The average Bonchev–Trinajstić information content (AvgIpc) is 3.36. The molecule has 0 aliphatic heterocycles. The van der Waals surface area contributed by atoms with Crippen LogP contribution in [-0.4, -0.2) is 75.6 Å². The molecule has 1 aromatic heterocycles. The number of nitrogens with one attached hydrogen (secondary N) is 4. The first-order chi connectivity index (χ1) is 19.6. The van der Waals surface area contributed by atoms with Crippen LogP contribution in [0.5, 0.6) is 0 Å². The smallest absolute Gasteiger partial charge is 0.326 e. The third kappa shape index (κ3) is 8.88. The Labute approximate surface area is 235 Å². The van der Waals surface area contributed by atoms with Crippen molar-refractivity contribution in [2.45, 2.75) is 49.9 Å². The molecule has 13 nitrogen and oxygen atoms in total. The maximum Gasteiger partial charge on any atom is 0.326 e. The van der Waals surface area contributed by atoms with Crippen LogP contribution in [0, 0.1) is 0 Å². The highest BCUT2D eigenvalue weighted by Crippen LogP contribution is 2.19. The number of carboxylic acids is 1. The molecule has 0 bridgehead atoms. The molecule has 3 aromatic rings. The normalized spacial score (nSPS) is 13.9. The quantitative estimate of drug-likeness (QED) is 0.114. The van der Waals surface area contributed by atoms with E-state index in [4.69, 9.17) is 11.5 Å². The Kier molecular flexibility index (Phi) is 11.0. The van der Waals surface area contributed by atoms with Crippen LogP contribution < -0.4 is 27.4 Å². The Balaban J connectivity index is 1.87. The molecule has 10 N–H and O–H groups in total. The van der Waals surface area contributed by atoms with E-state index in [-0.39, 0.29) is 25.7 Å². The molecule has 3 rings (SSSR count). The number of aliphatic carboxylic acids is 1. The molecule has 0 saturated carbocycles. The lowest BCUT2D eigenvalue weighted by atomic mass is 10.0. The molecular weight excluding hydrogens is 532 g/mol. The summed E-state index contributed by atoms with van der Waals surface area (Å²) in [5.41, 5.74) is 13.0. The molecule has 0 aliphatic carbocycles. The molecule has 41 heavy (non-hydrogen) atoms. The highest BCUT2D eigenvalue weighted by Gasteiger charge is 2.31. The van der Waals surface area contributed by atoms with Crippen molar-refractivity contribution < 1.29 is 34.2 Å². The molecular formula is C28H34N6O7. The number of H-pyrrole nitrogens is 1. The Hall–Kier alpha value is -4.75. The SMILES string of the molecule is NC(=O)CCC(NC(=O)C(Cc1ccccc1)NC(=O)C(Cc1c[nH]c2ccccc12)NC(=O)C(N)CO)C(=O)O. The Bertz CT molecular complexity index is 1380. The van der Waals surface area contributed by atoms with Gasteiger partial charge < -0.3 is 42.6 Å². The van der Waals surface area contributed by atoms with E-state index in [1.165, 1.54) is 0 Å². The molecule has 0 spiro atoms. The van der Waals surface area contributed by atoms with Crippen LogP contribution in [0.25, 0.3) is 10.9 Å². The summed E-state index contributed by atoms with van der Waals surface area (Å²) in [5.74, 6) is -4.39. The molecule has 0 saturated heterocycles. The van der Waals surface area contributed by atoms with E-state index in [1.54, 1.807) is 36.5 Å². The number of aromatic nitrogens is 1. The molecule has 1 heterocycles. The maximum atomic E-state index is 13.6. The summed E-state index contributed by atoms with van der Waals surface area (Å²) in [5, 5.41) is 27.2. The van der Waals surface area contributed by atoms with Crippen molar-refractivity contribution in [2.24, 2.45) is 11.5 Å². The first-order valence-electron chi connectivity index (χ1n) is 13.0. The molecule has 4 unspecified atom stereocenters. The number of carbonyl (C=O) groups is 5. The summed E-state index contributed by atoms with van der Waals surface area (Å²) in [6.07, 6.45) is 1.23. The summed E-state index contributed by atoms with van der Waals surface area (Å²) in [6.45, 7) is -0.645. The summed E-state index contributed by atoms with van der Waals surface area (Å²) < 4.78 is 0. The van der Waals surface area contributed by atoms with E-state index >= 15 is 0 Å². The average molecular weight is 567 g/mol. The van der Waals surface area contributed by atoms with Crippen molar-refractivity contribution in [3.05, 3.63) is 71.9 Å². The Morgan fingerprint density at radius 2 is 1.39 bits per heavy atom. The molecule has 4 atom stereocenters. The van der Waals surface area contributed by atoms with Gasteiger partial charge in [-0.25, -0.2) is 4.79 Å². The van der Waals surface area contributed by atoms with Crippen LogP contribution in [0.4, 0.5) is 0 Å². The lowest BCUT2D eigenvalue weighted by Crippen LogP contribution is -2.58. The number of rotatable bonds is 15. The van der Waals surface area contributed by atoms with Gasteiger partial charge in [0.15, 0.2) is 0 Å². The van der Waals surface area contributed by atoms with Crippen LogP contribution in [0.3, 0.4) is 0 Å². The molecule has 4 amide bonds. The second kappa shape index (κ2) is 14.6. The lowest BCUT2D eigenvalue weighted by Gasteiger charge is -2.25. The van der Waals surface area contributed by atoms with Crippen LogP contribution in [0.15, 0.2) is 60.8 Å². The number of aliphatic hydroxyl groups excluding tert-OH is 1. The van der Waals surface area contributed by atoms with Crippen LogP contribution in [-0.2, 0) is 36.8 Å². The van der Waals surface area contributed by atoms with Crippen molar-refractivity contribution in [3.8, 4) is 0 Å². The van der Waals surface area contributed by atoms with Gasteiger partial charge in [0.1, 0.15) is 24.2 Å². The minimum atomic E-state index is -1.42. The number of hydrogen-bond donors (Lipinski definition) is 8. The number of para-hydroxylation sites is 1. The van der Waals surface area contributed by atoms with Crippen molar-refractivity contribution in [2.75, 3.05) is 6.61 Å². The fraction of sp³-hybridized carbons (Fsp3) is 0.321. The summed E-state index contributed by atoms with van der Waals surface area (Å²) in [4.78, 5) is 65.4. The van der Waals surface area contributed by atoms with Gasteiger partial charge in [0, 0.05) is 36.4 Å². The van der Waals surface area contributed by atoms with Crippen LogP contribution >= 0.6 is 0 Å². The number of carbonyl (C=O) groups excluding carboxylic acids is 4. The van der Waals surface area contributed by atoms with E-state index in [9.17, 15) is 34.2 Å². The molecule has 0 radical (unpaired) electrons. The third-order valence-electron chi connectivity index (χ3n) is 6.48. The lowest BCUT2D eigenvalue weighted by molar-refractivity contribution is -0.142. The second-order valence-corrected chi connectivity index (χ2v) is 9.57. The molecule has 2 aromatic carbocycles. The zero-order chi connectivity index (χ0) is 29.9. The maximum absolute atomic E-state index is 13.6. The molecule has 13 heteroatoms. The predicted octanol–water partition coefficient (Wildman–Crippen LogP) is -0.923. The largest absolute Gasteiger partial charge is 0.480 e. The number of benzene rings is 2. The van der Waals surface area contributed by atoms with E-state index in [0.29, 0.717) is 11.1 Å². The number of amides is 4. The van der Waals surface area contributed by atoms with Crippen molar-refractivity contribution >= 4 is 40.5 Å². The van der Waals surface area contributed by atoms with Crippen molar-refractivity contribution in [1.82, 2.24) is 20.9 Å². The zero-order valence-corrected chi connectivity index (χ0v) is 22.2. The second-order valence-electron chi connectivity index (χ2n) is 9.57. The van der Waals surface area contributed by atoms with Gasteiger partial charge in [0.05, 0.1) is 6.61 Å².